The Morgan fingerprint density at radius 2 is 1.88 bits per heavy atom. The third kappa shape index (κ3) is 7.21. The van der Waals surface area contributed by atoms with Gasteiger partial charge in [0.1, 0.15) is 11.5 Å². The number of hydrogen-bond donors (Lipinski definition) is 2. The molecule has 0 bridgehead atoms. The zero-order chi connectivity index (χ0) is 17.4. The highest BCUT2D eigenvalue weighted by Gasteiger charge is 2.06. The molecular weight excluding hydrogens is 473 g/mol. The molecule has 0 atom stereocenters. The summed E-state index contributed by atoms with van der Waals surface area (Å²) in [6, 6.07) is 13.2. The van der Waals surface area contributed by atoms with E-state index in [1.54, 1.807) is 26.0 Å². The summed E-state index contributed by atoms with van der Waals surface area (Å²) in [6.07, 6.45) is 0. The largest absolute Gasteiger partial charge is 0.497 e. The molecule has 2 aromatic rings. The van der Waals surface area contributed by atoms with Gasteiger partial charge in [0.25, 0.3) is 0 Å². The summed E-state index contributed by atoms with van der Waals surface area (Å²) < 4.78 is 10.5. The van der Waals surface area contributed by atoms with Gasteiger partial charge in [-0.3, -0.25) is 4.99 Å². The normalized spacial score (nSPS) is 10.8. The molecule has 2 aromatic carbocycles. The molecule has 0 amide bonds. The zero-order valence-corrected chi connectivity index (χ0v) is 17.9. The van der Waals surface area contributed by atoms with Crippen molar-refractivity contribution in [2.45, 2.75) is 4.90 Å². The fourth-order valence-electron chi connectivity index (χ4n) is 1.95. The second-order valence-electron chi connectivity index (χ2n) is 4.76. The van der Waals surface area contributed by atoms with E-state index in [0.29, 0.717) is 29.7 Å². The predicted octanol–water partition coefficient (Wildman–Crippen LogP) is 4.49. The number of nitrogens with two attached hydrogens (primary N) is 1. The number of anilines is 1. The Morgan fingerprint density at radius 3 is 2.52 bits per heavy atom. The maximum Gasteiger partial charge on any atom is 0.193 e. The summed E-state index contributed by atoms with van der Waals surface area (Å²) >= 11 is 7.56. The van der Waals surface area contributed by atoms with E-state index < -0.39 is 0 Å². The van der Waals surface area contributed by atoms with Gasteiger partial charge in [-0.15, -0.1) is 35.7 Å². The van der Waals surface area contributed by atoms with Crippen LogP contribution >= 0.6 is 47.3 Å². The van der Waals surface area contributed by atoms with Crippen molar-refractivity contribution in [3.05, 3.63) is 47.5 Å². The fraction of sp³-hybridized carbons (Fsp3) is 0.235. The lowest BCUT2D eigenvalue weighted by Gasteiger charge is -2.12. The fourth-order valence-corrected chi connectivity index (χ4v) is 2.82. The molecule has 0 unspecified atom stereocenters. The van der Waals surface area contributed by atoms with Gasteiger partial charge in [-0.25, -0.2) is 0 Å². The lowest BCUT2D eigenvalue weighted by Crippen LogP contribution is -2.23. The van der Waals surface area contributed by atoms with E-state index >= 15 is 0 Å². The van der Waals surface area contributed by atoms with Crippen LogP contribution in [0.3, 0.4) is 0 Å². The Kier molecular flexibility index (Phi) is 9.84. The standard InChI is InChI=1S/C17H20ClN3O2S.HI/c1-22-13-5-8-16(23-2)15(11-13)21-17(19)20-9-10-24-14-6-3-12(18)4-7-14;/h3-8,11H,9-10H2,1-2H3,(H3,19,20,21);1H. The van der Waals surface area contributed by atoms with E-state index in [1.165, 1.54) is 0 Å². The van der Waals surface area contributed by atoms with Gasteiger partial charge in [0, 0.05) is 21.7 Å². The van der Waals surface area contributed by atoms with Crippen molar-refractivity contribution in [2.24, 2.45) is 10.7 Å². The van der Waals surface area contributed by atoms with Gasteiger partial charge in [-0.1, -0.05) is 11.6 Å². The van der Waals surface area contributed by atoms with E-state index in [2.05, 4.69) is 10.3 Å². The Bertz CT molecular complexity index is 699. The number of halogens is 2. The number of aliphatic imine (C=N–C) groups is 1. The van der Waals surface area contributed by atoms with E-state index in [4.69, 9.17) is 26.8 Å². The zero-order valence-electron chi connectivity index (χ0n) is 14.0. The van der Waals surface area contributed by atoms with Crippen LogP contribution < -0.4 is 20.5 Å². The molecule has 0 saturated heterocycles. The first-order chi connectivity index (χ1) is 11.6. The van der Waals surface area contributed by atoms with E-state index in [0.717, 1.165) is 15.7 Å². The number of hydrogen-bond acceptors (Lipinski definition) is 4. The summed E-state index contributed by atoms with van der Waals surface area (Å²) in [4.78, 5) is 5.47. The van der Waals surface area contributed by atoms with Crippen LogP contribution in [0.1, 0.15) is 0 Å². The van der Waals surface area contributed by atoms with Crippen LogP contribution in [0.5, 0.6) is 11.5 Å². The number of benzene rings is 2. The van der Waals surface area contributed by atoms with Gasteiger partial charge in [0.2, 0.25) is 0 Å². The summed E-state index contributed by atoms with van der Waals surface area (Å²) in [5, 5.41) is 3.77. The first-order valence-electron chi connectivity index (χ1n) is 7.29. The predicted molar refractivity (Wildman–Crippen MR) is 117 cm³/mol. The highest BCUT2D eigenvalue weighted by Crippen LogP contribution is 2.28. The van der Waals surface area contributed by atoms with Gasteiger partial charge >= 0.3 is 0 Å². The van der Waals surface area contributed by atoms with Crippen molar-refractivity contribution in [1.29, 1.82) is 0 Å². The number of methoxy groups -OCH3 is 2. The monoisotopic (exact) mass is 493 g/mol. The molecule has 5 nitrogen and oxygen atoms in total. The third-order valence-electron chi connectivity index (χ3n) is 3.13. The lowest BCUT2D eigenvalue weighted by atomic mass is 10.2. The number of guanidine groups is 1. The number of thioether (sulfide) groups is 1. The molecule has 8 heteroatoms. The van der Waals surface area contributed by atoms with Crippen LogP contribution in [-0.4, -0.2) is 32.5 Å². The van der Waals surface area contributed by atoms with Crippen LogP contribution in [0.4, 0.5) is 5.69 Å². The van der Waals surface area contributed by atoms with Crippen LogP contribution in [0.2, 0.25) is 5.02 Å². The number of nitrogens with one attached hydrogen (secondary N) is 1. The Morgan fingerprint density at radius 1 is 1.16 bits per heavy atom. The van der Waals surface area contributed by atoms with Crippen LogP contribution in [0.15, 0.2) is 52.4 Å². The molecule has 0 radical (unpaired) electrons. The molecule has 3 N–H and O–H groups in total. The lowest BCUT2D eigenvalue weighted by molar-refractivity contribution is 0.405. The number of nitrogens with zero attached hydrogens (tertiary/aromatic N) is 1. The minimum absolute atomic E-state index is 0. The molecule has 0 aromatic heterocycles. The maximum absolute atomic E-state index is 5.94. The molecule has 0 aliphatic heterocycles. The smallest absolute Gasteiger partial charge is 0.193 e. The first kappa shape index (κ1) is 21.7. The van der Waals surface area contributed by atoms with Crippen LogP contribution in [-0.2, 0) is 0 Å². The third-order valence-corrected chi connectivity index (χ3v) is 4.37. The van der Waals surface area contributed by atoms with Gasteiger partial charge in [-0.2, -0.15) is 0 Å². The minimum atomic E-state index is 0. The first-order valence-corrected chi connectivity index (χ1v) is 8.66. The number of rotatable bonds is 7. The van der Waals surface area contributed by atoms with Gasteiger partial charge in [0.05, 0.1) is 26.5 Å². The molecule has 25 heavy (non-hydrogen) atoms. The van der Waals surface area contributed by atoms with Gasteiger partial charge in [0.15, 0.2) is 5.96 Å². The molecule has 2 rings (SSSR count). The highest BCUT2D eigenvalue weighted by atomic mass is 127. The van der Waals surface area contributed by atoms with Crippen molar-refractivity contribution < 1.29 is 9.47 Å². The molecule has 0 spiro atoms. The molecule has 0 fully saturated rings. The second kappa shape index (κ2) is 11.3. The van der Waals surface area contributed by atoms with E-state index in [-0.39, 0.29) is 24.0 Å². The van der Waals surface area contributed by atoms with Crippen LogP contribution in [0, 0.1) is 0 Å². The SMILES string of the molecule is COc1ccc(OC)c(NC(N)=NCCSc2ccc(Cl)cc2)c1.I. The van der Waals surface area contributed by atoms with Crippen molar-refractivity contribution in [1.82, 2.24) is 0 Å². The second-order valence-corrected chi connectivity index (χ2v) is 6.37. The molecule has 136 valence electrons. The van der Waals surface area contributed by atoms with Crippen molar-refractivity contribution in [3.8, 4) is 11.5 Å². The molecule has 0 aliphatic carbocycles. The van der Waals surface area contributed by atoms with E-state index in [1.807, 2.05) is 42.5 Å². The Balaban J connectivity index is 0.00000312. The molecular formula is C17H21ClIN3O2S. The number of ether oxygens (including phenoxy) is 2. The molecule has 0 aliphatic rings. The summed E-state index contributed by atoms with van der Waals surface area (Å²) in [5.41, 5.74) is 6.65. The van der Waals surface area contributed by atoms with Crippen LogP contribution in [0.25, 0.3) is 0 Å². The summed E-state index contributed by atoms with van der Waals surface area (Å²) in [7, 11) is 3.21. The maximum atomic E-state index is 5.94. The quantitative estimate of drug-likeness (QED) is 0.195. The Hall–Kier alpha value is -1.32. The molecule has 0 saturated carbocycles. The average Bonchev–Trinajstić information content (AvgIpc) is 2.60. The summed E-state index contributed by atoms with van der Waals surface area (Å²) in [6.45, 7) is 0.596. The van der Waals surface area contributed by atoms with Crippen molar-refractivity contribution in [2.75, 3.05) is 31.8 Å². The average molecular weight is 494 g/mol. The molecule has 0 heterocycles. The van der Waals surface area contributed by atoms with E-state index in [9.17, 15) is 0 Å². The minimum Gasteiger partial charge on any atom is -0.497 e. The van der Waals surface area contributed by atoms with Crippen molar-refractivity contribution in [3.63, 3.8) is 0 Å². The summed E-state index contributed by atoms with van der Waals surface area (Å²) in [5.74, 6) is 2.53. The van der Waals surface area contributed by atoms with Gasteiger partial charge < -0.3 is 20.5 Å². The highest BCUT2D eigenvalue weighted by molar-refractivity contribution is 14.0. The van der Waals surface area contributed by atoms with Gasteiger partial charge in [-0.05, 0) is 36.4 Å². The topological polar surface area (TPSA) is 68.9 Å². The van der Waals surface area contributed by atoms with Crippen molar-refractivity contribution >= 4 is 59.0 Å². The Labute approximate surface area is 174 Å².